The van der Waals surface area contributed by atoms with E-state index in [1.165, 1.54) is 17.0 Å². The molecular formula is C16H17NO4. The van der Waals surface area contributed by atoms with Crippen LogP contribution in [-0.4, -0.2) is 27.8 Å². The number of hydrogen-bond acceptors (Lipinski definition) is 3. The zero-order valence-electron chi connectivity index (χ0n) is 11.6. The van der Waals surface area contributed by atoms with Gasteiger partial charge in [0.1, 0.15) is 0 Å². The first-order valence-corrected chi connectivity index (χ1v) is 7.25. The molecule has 0 radical (unpaired) electrons. The number of benzene rings is 1. The summed E-state index contributed by atoms with van der Waals surface area (Å²) in [4.78, 5) is 36.8. The first-order valence-electron chi connectivity index (χ1n) is 7.25. The lowest BCUT2D eigenvalue weighted by molar-refractivity contribution is -0.140. The Morgan fingerprint density at radius 2 is 1.57 bits per heavy atom. The molecule has 1 heterocycles. The van der Waals surface area contributed by atoms with E-state index in [-0.39, 0.29) is 35.8 Å². The van der Waals surface area contributed by atoms with Gasteiger partial charge < -0.3 is 5.11 Å². The number of carbonyl (C=O) groups excluding carboxylic acids is 2. The highest BCUT2D eigenvalue weighted by Gasteiger charge is 2.47. The fourth-order valence-corrected chi connectivity index (χ4v) is 3.32. The molecule has 21 heavy (non-hydrogen) atoms. The van der Waals surface area contributed by atoms with E-state index in [0.29, 0.717) is 0 Å². The van der Waals surface area contributed by atoms with Crippen molar-refractivity contribution in [2.45, 2.75) is 32.2 Å². The van der Waals surface area contributed by atoms with Crippen LogP contribution < -0.4 is 0 Å². The summed E-state index contributed by atoms with van der Waals surface area (Å²) in [6, 6.07) is 6.31. The van der Waals surface area contributed by atoms with E-state index in [4.69, 9.17) is 5.11 Å². The van der Waals surface area contributed by atoms with Gasteiger partial charge in [0.2, 0.25) is 11.8 Å². The number of carboxylic acids is 1. The molecule has 1 N–H and O–H groups in total. The van der Waals surface area contributed by atoms with E-state index in [9.17, 15) is 14.4 Å². The van der Waals surface area contributed by atoms with Crippen LogP contribution in [0.25, 0.3) is 0 Å². The van der Waals surface area contributed by atoms with Crippen LogP contribution in [0.1, 0.15) is 41.6 Å². The van der Waals surface area contributed by atoms with Crippen molar-refractivity contribution < 1.29 is 19.5 Å². The molecule has 5 heteroatoms. The molecule has 2 fully saturated rings. The van der Waals surface area contributed by atoms with E-state index in [2.05, 4.69) is 0 Å². The summed E-state index contributed by atoms with van der Waals surface area (Å²) in [5.41, 5.74) is 0.979. The molecule has 0 bridgehead atoms. The molecule has 0 aromatic heterocycles. The van der Waals surface area contributed by atoms with Crippen molar-refractivity contribution in [3.8, 4) is 0 Å². The van der Waals surface area contributed by atoms with Gasteiger partial charge in [-0.2, -0.15) is 0 Å². The maximum atomic E-state index is 12.3. The third-order valence-electron chi connectivity index (χ3n) is 4.47. The number of rotatable bonds is 3. The van der Waals surface area contributed by atoms with Crippen molar-refractivity contribution in [3.05, 3.63) is 35.4 Å². The molecule has 1 aliphatic heterocycles. The molecule has 2 amide bonds. The number of likely N-dealkylation sites (tertiary alicyclic amines) is 1. The van der Waals surface area contributed by atoms with Crippen LogP contribution >= 0.6 is 0 Å². The van der Waals surface area contributed by atoms with Crippen molar-refractivity contribution in [3.63, 3.8) is 0 Å². The van der Waals surface area contributed by atoms with Gasteiger partial charge in [-0.15, -0.1) is 0 Å². The molecule has 2 aliphatic rings. The third kappa shape index (κ3) is 2.44. The Morgan fingerprint density at radius 1 is 1.05 bits per heavy atom. The fraction of sp³-hybridized carbons (Fsp3) is 0.438. The molecule has 2 atom stereocenters. The topological polar surface area (TPSA) is 74.7 Å². The summed E-state index contributed by atoms with van der Waals surface area (Å²) in [6.07, 6.45) is 3.65. The highest BCUT2D eigenvalue weighted by molar-refractivity contribution is 6.05. The number of imide groups is 1. The summed E-state index contributed by atoms with van der Waals surface area (Å²) >= 11 is 0. The van der Waals surface area contributed by atoms with E-state index >= 15 is 0 Å². The van der Waals surface area contributed by atoms with E-state index in [1.54, 1.807) is 12.1 Å². The maximum absolute atomic E-state index is 12.3. The fourth-order valence-electron chi connectivity index (χ4n) is 3.32. The molecule has 5 nitrogen and oxygen atoms in total. The Morgan fingerprint density at radius 3 is 2.05 bits per heavy atom. The van der Waals surface area contributed by atoms with Crippen LogP contribution in [0, 0.1) is 11.8 Å². The number of hydrogen-bond donors (Lipinski definition) is 1. The molecule has 0 spiro atoms. The van der Waals surface area contributed by atoms with Crippen LogP contribution in [0.4, 0.5) is 0 Å². The summed E-state index contributed by atoms with van der Waals surface area (Å²) in [5.74, 6) is -1.38. The van der Waals surface area contributed by atoms with Crippen molar-refractivity contribution in [2.75, 3.05) is 0 Å². The second kappa shape index (κ2) is 5.31. The van der Waals surface area contributed by atoms with Crippen molar-refractivity contribution in [1.29, 1.82) is 0 Å². The third-order valence-corrected chi connectivity index (χ3v) is 4.47. The molecule has 110 valence electrons. The van der Waals surface area contributed by atoms with Crippen LogP contribution in [0.3, 0.4) is 0 Å². The first kappa shape index (κ1) is 13.8. The summed E-state index contributed by atoms with van der Waals surface area (Å²) in [7, 11) is 0. The summed E-state index contributed by atoms with van der Waals surface area (Å²) in [5, 5.41) is 8.87. The monoisotopic (exact) mass is 287 g/mol. The van der Waals surface area contributed by atoms with Crippen LogP contribution in [0.2, 0.25) is 0 Å². The molecular weight excluding hydrogens is 270 g/mol. The van der Waals surface area contributed by atoms with Gasteiger partial charge in [0.15, 0.2) is 0 Å². The van der Waals surface area contributed by atoms with Gasteiger partial charge in [-0.1, -0.05) is 25.0 Å². The number of fused-ring (bicyclic) bond motifs is 1. The van der Waals surface area contributed by atoms with Gasteiger partial charge in [-0.05, 0) is 30.5 Å². The van der Waals surface area contributed by atoms with Gasteiger partial charge in [0.25, 0.3) is 0 Å². The van der Waals surface area contributed by atoms with Crippen molar-refractivity contribution in [1.82, 2.24) is 4.90 Å². The predicted octanol–water partition coefficient (Wildman–Crippen LogP) is 2.06. The predicted molar refractivity (Wildman–Crippen MR) is 74.4 cm³/mol. The number of nitrogens with zero attached hydrogens (tertiary/aromatic N) is 1. The van der Waals surface area contributed by atoms with Gasteiger partial charge in [-0.25, -0.2) is 4.79 Å². The Hall–Kier alpha value is -2.17. The number of aromatic carboxylic acids is 1. The normalized spacial score (nSPS) is 25.0. The molecule has 1 saturated carbocycles. The van der Waals surface area contributed by atoms with Crippen LogP contribution in [0.5, 0.6) is 0 Å². The lowest BCUT2D eigenvalue weighted by Crippen LogP contribution is -2.30. The van der Waals surface area contributed by atoms with Gasteiger partial charge in [0, 0.05) is 0 Å². The number of carbonyl (C=O) groups is 3. The average Bonchev–Trinajstić information content (AvgIpc) is 2.73. The van der Waals surface area contributed by atoms with E-state index in [0.717, 1.165) is 31.2 Å². The SMILES string of the molecule is O=C(O)c1ccc(CN2C(=O)[C@H]3CCCC[C@@H]3C2=O)cc1. The van der Waals surface area contributed by atoms with Gasteiger partial charge in [-0.3, -0.25) is 14.5 Å². The quantitative estimate of drug-likeness (QED) is 0.863. The first-order chi connectivity index (χ1) is 10.1. The van der Waals surface area contributed by atoms with Gasteiger partial charge in [0.05, 0.1) is 23.9 Å². The second-order valence-electron chi connectivity index (χ2n) is 5.76. The number of carboxylic acid groups (broad SMARTS) is 1. The Labute approximate surface area is 122 Å². The number of amides is 2. The molecule has 3 rings (SSSR count). The van der Waals surface area contributed by atoms with E-state index < -0.39 is 5.97 Å². The van der Waals surface area contributed by atoms with Crippen molar-refractivity contribution in [2.24, 2.45) is 11.8 Å². The van der Waals surface area contributed by atoms with Crippen molar-refractivity contribution >= 4 is 17.8 Å². The maximum Gasteiger partial charge on any atom is 0.335 e. The average molecular weight is 287 g/mol. The molecule has 1 aliphatic carbocycles. The minimum absolute atomic E-state index is 0.0630. The highest BCUT2D eigenvalue weighted by atomic mass is 16.4. The highest BCUT2D eigenvalue weighted by Crippen LogP contribution is 2.38. The van der Waals surface area contributed by atoms with Gasteiger partial charge >= 0.3 is 5.97 Å². The lowest BCUT2D eigenvalue weighted by Gasteiger charge is -2.19. The lowest BCUT2D eigenvalue weighted by atomic mass is 9.81. The minimum Gasteiger partial charge on any atom is -0.478 e. The van der Waals surface area contributed by atoms with Crippen LogP contribution in [-0.2, 0) is 16.1 Å². The minimum atomic E-state index is -0.985. The molecule has 1 saturated heterocycles. The Kier molecular flexibility index (Phi) is 3.49. The van der Waals surface area contributed by atoms with E-state index in [1.807, 2.05) is 0 Å². The zero-order chi connectivity index (χ0) is 15.0. The zero-order valence-corrected chi connectivity index (χ0v) is 11.6. The standard InChI is InChI=1S/C16H17NO4/c18-14-12-3-1-2-4-13(12)15(19)17(14)9-10-5-7-11(8-6-10)16(20)21/h5-8,12-13H,1-4,9H2,(H,20,21)/t12-,13-/m0/s1. The molecule has 0 unspecified atom stereocenters. The molecule has 1 aromatic rings. The largest absolute Gasteiger partial charge is 0.478 e. The Balaban J connectivity index is 1.76. The smallest absolute Gasteiger partial charge is 0.335 e. The van der Waals surface area contributed by atoms with Crippen LogP contribution in [0.15, 0.2) is 24.3 Å². The second-order valence-corrected chi connectivity index (χ2v) is 5.76. The summed E-state index contributed by atoms with van der Waals surface area (Å²) in [6.45, 7) is 0.241. The Bertz CT molecular complexity index is 569. The summed E-state index contributed by atoms with van der Waals surface area (Å²) < 4.78 is 0. The molecule has 1 aromatic carbocycles.